The minimum absolute atomic E-state index is 0.177. The zero-order chi connectivity index (χ0) is 37.6. The number of imide groups is 1. The van der Waals surface area contributed by atoms with Crippen molar-refractivity contribution in [2.24, 2.45) is 5.92 Å². The first-order valence-corrected chi connectivity index (χ1v) is 19.6. The molecule has 55 heavy (non-hydrogen) atoms. The third-order valence-corrected chi connectivity index (χ3v) is 12.4. The van der Waals surface area contributed by atoms with Crippen molar-refractivity contribution in [3.05, 3.63) is 90.0 Å². The molecule has 3 fully saturated rings. The molecule has 4 aliphatic rings. The van der Waals surface area contributed by atoms with Crippen molar-refractivity contribution >= 4 is 50.8 Å². The van der Waals surface area contributed by atoms with Crippen LogP contribution in [-0.2, 0) is 16.1 Å². The molecule has 9 rings (SSSR count). The molecule has 2 aromatic carbocycles. The number of nitrogens with zero attached hydrogens (tertiary/aromatic N) is 6. The summed E-state index contributed by atoms with van der Waals surface area (Å²) < 4.78 is 21.0. The molecular formula is C41H40FN7O5S. The maximum Gasteiger partial charge on any atom is 0.256 e. The number of anilines is 2. The van der Waals surface area contributed by atoms with Crippen molar-refractivity contribution in [1.29, 1.82) is 0 Å². The summed E-state index contributed by atoms with van der Waals surface area (Å²) in [4.78, 5) is 56.3. The van der Waals surface area contributed by atoms with Crippen LogP contribution in [0.4, 0.5) is 16.0 Å². The molecule has 0 bridgehead atoms. The molecule has 2 N–H and O–H groups in total. The van der Waals surface area contributed by atoms with E-state index < -0.39 is 11.9 Å². The van der Waals surface area contributed by atoms with Crippen LogP contribution in [0, 0.1) is 11.7 Å². The van der Waals surface area contributed by atoms with Crippen molar-refractivity contribution < 1.29 is 28.6 Å². The number of fused-ring (bicyclic) bond motifs is 2. The number of amides is 3. The van der Waals surface area contributed by atoms with E-state index in [0.717, 1.165) is 90.8 Å². The van der Waals surface area contributed by atoms with Crippen LogP contribution in [0.1, 0.15) is 41.7 Å². The lowest BCUT2D eigenvalue weighted by Crippen LogP contribution is -2.52. The van der Waals surface area contributed by atoms with E-state index >= 15 is 0 Å². The standard InChI is InChI=1S/C41H40FN7O5S/c42-27-3-1-26(2-4-27)39-38(31-7-5-28(50)21-34(31)55-39)54-29-6-10-35(43-22-29)47-15-13-25(14-16-47)23-46-17-19-48(20-18-46)36-11-8-30-32(44-36)24-49(41(30)53)33-9-12-37(51)45-40(33)52/h1-8,10-11,21-22,25,33,50H,9,12-20,23-24H2,(H,45,51,52). The number of aromatic hydroxyl groups is 1. The van der Waals surface area contributed by atoms with E-state index in [1.807, 2.05) is 30.3 Å². The number of nitrogens with one attached hydrogen (secondary N) is 1. The highest BCUT2D eigenvalue weighted by Gasteiger charge is 2.40. The Kier molecular flexibility index (Phi) is 9.30. The molecule has 4 aliphatic heterocycles. The lowest BCUT2D eigenvalue weighted by molar-refractivity contribution is -0.136. The fraction of sp³-hybridized carbons (Fsp3) is 0.341. The normalized spacial score (nSPS) is 19.6. The number of piperazine rings is 1. The number of ether oxygens (including phenoxy) is 1. The van der Waals surface area contributed by atoms with E-state index in [1.54, 1.807) is 35.4 Å². The number of pyridine rings is 2. The highest BCUT2D eigenvalue weighted by molar-refractivity contribution is 7.22. The molecule has 14 heteroatoms. The van der Waals surface area contributed by atoms with Gasteiger partial charge in [-0.3, -0.25) is 24.6 Å². The first-order chi connectivity index (χ1) is 26.8. The number of phenolic OH excluding ortho intramolecular Hbond substituents is 1. The molecule has 1 unspecified atom stereocenters. The summed E-state index contributed by atoms with van der Waals surface area (Å²) in [5.41, 5.74) is 2.06. The Hall–Kier alpha value is -5.60. The molecule has 3 aromatic heterocycles. The van der Waals surface area contributed by atoms with E-state index in [2.05, 4.69) is 20.0 Å². The van der Waals surface area contributed by atoms with Crippen molar-refractivity contribution in [2.45, 2.75) is 38.3 Å². The Bertz CT molecular complexity index is 2270. The number of rotatable bonds is 8. The number of hydrogen-bond donors (Lipinski definition) is 2. The van der Waals surface area contributed by atoms with Gasteiger partial charge < -0.3 is 24.5 Å². The molecule has 0 aliphatic carbocycles. The van der Waals surface area contributed by atoms with Crippen molar-refractivity contribution in [3.8, 4) is 27.7 Å². The van der Waals surface area contributed by atoms with Gasteiger partial charge in [-0.05, 0) is 85.3 Å². The van der Waals surface area contributed by atoms with E-state index in [9.17, 15) is 23.9 Å². The smallest absolute Gasteiger partial charge is 0.256 e. The summed E-state index contributed by atoms with van der Waals surface area (Å²) in [5, 5.41) is 13.3. The second kappa shape index (κ2) is 14.6. The lowest BCUT2D eigenvalue weighted by Gasteiger charge is -2.39. The quantitative estimate of drug-likeness (QED) is 0.187. The van der Waals surface area contributed by atoms with Gasteiger partial charge in [-0.2, -0.15) is 0 Å². The highest BCUT2D eigenvalue weighted by atomic mass is 32.1. The topological polar surface area (TPSA) is 131 Å². The molecule has 1 atom stereocenters. The fourth-order valence-electron chi connectivity index (χ4n) is 8.16. The van der Waals surface area contributed by atoms with Gasteiger partial charge in [0.25, 0.3) is 5.91 Å². The molecule has 5 aromatic rings. The minimum Gasteiger partial charge on any atom is -0.508 e. The predicted molar refractivity (Wildman–Crippen MR) is 207 cm³/mol. The van der Waals surface area contributed by atoms with Crippen LogP contribution in [0.3, 0.4) is 0 Å². The SMILES string of the molecule is O=C1CCC(N2Cc3nc(N4CCN(CC5CCN(c6ccc(Oc7c(-c8ccc(F)cc8)sc8cc(O)ccc78)cn6)CC5)CC4)ccc3C2=O)C(=O)N1. The molecule has 7 heterocycles. The number of hydrogen-bond acceptors (Lipinski definition) is 11. The molecule has 0 spiro atoms. The van der Waals surface area contributed by atoms with Crippen LogP contribution >= 0.6 is 11.3 Å². The first kappa shape index (κ1) is 35.1. The number of halogens is 1. The number of phenols is 1. The zero-order valence-electron chi connectivity index (χ0n) is 30.1. The number of aromatic nitrogens is 2. The van der Waals surface area contributed by atoms with E-state index in [-0.39, 0.29) is 36.3 Å². The van der Waals surface area contributed by atoms with Gasteiger partial charge in [0.05, 0.1) is 28.9 Å². The number of benzene rings is 2. The second-order valence-corrected chi connectivity index (χ2v) is 15.7. The summed E-state index contributed by atoms with van der Waals surface area (Å²) in [7, 11) is 0. The average Bonchev–Trinajstić information content (AvgIpc) is 3.71. The number of carbonyl (C=O) groups is 3. The maximum absolute atomic E-state index is 13.7. The molecule has 282 valence electrons. The van der Waals surface area contributed by atoms with E-state index in [1.165, 1.54) is 23.5 Å². The van der Waals surface area contributed by atoms with Crippen LogP contribution in [0.5, 0.6) is 17.2 Å². The van der Waals surface area contributed by atoms with Crippen LogP contribution in [0.15, 0.2) is 72.9 Å². The van der Waals surface area contributed by atoms with Gasteiger partial charge >= 0.3 is 0 Å². The highest BCUT2D eigenvalue weighted by Crippen LogP contribution is 2.47. The summed E-state index contributed by atoms with van der Waals surface area (Å²) in [6.07, 6.45) is 4.48. The molecule has 0 saturated carbocycles. The summed E-state index contributed by atoms with van der Waals surface area (Å²) in [6.45, 7) is 6.76. The second-order valence-electron chi connectivity index (χ2n) is 14.7. The molecule has 3 saturated heterocycles. The van der Waals surface area contributed by atoms with Gasteiger partial charge in [0.15, 0.2) is 5.75 Å². The zero-order valence-corrected chi connectivity index (χ0v) is 30.9. The maximum atomic E-state index is 13.7. The van der Waals surface area contributed by atoms with Crippen LogP contribution in [0.25, 0.3) is 20.5 Å². The fourth-order valence-corrected chi connectivity index (χ4v) is 9.33. The van der Waals surface area contributed by atoms with Gasteiger partial charge in [0, 0.05) is 62.3 Å². The Balaban J connectivity index is 0.769. The van der Waals surface area contributed by atoms with E-state index in [4.69, 9.17) is 14.7 Å². The number of carbonyl (C=O) groups excluding carboxylic acids is 3. The van der Waals surface area contributed by atoms with Crippen LogP contribution in [0.2, 0.25) is 0 Å². The van der Waals surface area contributed by atoms with Gasteiger partial charge in [-0.25, -0.2) is 14.4 Å². The molecule has 3 amide bonds. The molecular weight excluding hydrogens is 722 g/mol. The third-order valence-electron chi connectivity index (χ3n) is 11.2. The van der Waals surface area contributed by atoms with Gasteiger partial charge in [-0.1, -0.05) is 12.1 Å². The predicted octanol–water partition coefficient (Wildman–Crippen LogP) is 5.79. The number of thiophene rings is 1. The lowest BCUT2D eigenvalue weighted by atomic mass is 9.96. The Morgan fingerprint density at radius 1 is 0.873 bits per heavy atom. The van der Waals surface area contributed by atoms with Crippen molar-refractivity contribution in [2.75, 3.05) is 55.6 Å². The summed E-state index contributed by atoms with van der Waals surface area (Å²) in [5.74, 6) is 2.59. The number of piperidine rings is 2. The van der Waals surface area contributed by atoms with Crippen molar-refractivity contribution in [3.63, 3.8) is 0 Å². The molecule has 12 nitrogen and oxygen atoms in total. The van der Waals surface area contributed by atoms with Crippen molar-refractivity contribution in [1.82, 2.24) is 25.1 Å². The largest absolute Gasteiger partial charge is 0.508 e. The van der Waals surface area contributed by atoms with E-state index in [0.29, 0.717) is 35.1 Å². The monoisotopic (exact) mass is 761 g/mol. The van der Waals surface area contributed by atoms with Gasteiger partial charge in [0.1, 0.15) is 35.0 Å². The first-order valence-electron chi connectivity index (χ1n) is 18.8. The Labute approximate surface area is 321 Å². The average molecular weight is 762 g/mol. The third kappa shape index (κ3) is 7.07. The molecule has 0 radical (unpaired) electrons. The van der Waals surface area contributed by atoms with Crippen LogP contribution < -0.4 is 19.9 Å². The Morgan fingerprint density at radius 2 is 1.64 bits per heavy atom. The summed E-state index contributed by atoms with van der Waals surface area (Å²) >= 11 is 1.49. The minimum atomic E-state index is -0.643. The van der Waals surface area contributed by atoms with Gasteiger partial charge in [0.2, 0.25) is 11.8 Å². The Morgan fingerprint density at radius 3 is 2.38 bits per heavy atom. The van der Waals surface area contributed by atoms with Crippen LogP contribution in [-0.4, -0.2) is 94.5 Å². The van der Waals surface area contributed by atoms with Gasteiger partial charge in [-0.15, -0.1) is 11.3 Å². The summed E-state index contributed by atoms with van der Waals surface area (Å²) in [6, 6.07) is 18.6.